The van der Waals surface area contributed by atoms with Gasteiger partial charge in [-0.05, 0) is 11.6 Å². The van der Waals surface area contributed by atoms with Crippen molar-refractivity contribution in [2.24, 2.45) is 0 Å². The quantitative estimate of drug-likeness (QED) is 0.524. The molecule has 1 heterocycles. The number of imidazole rings is 1. The second-order valence-corrected chi connectivity index (χ2v) is 4.82. The minimum Gasteiger partial charge on any atom is -0.350 e. The van der Waals surface area contributed by atoms with Crippen molar-refractivity contribution >= 4 is 31.4 Å². The molecule has 8 radical (unpaired) electrons. The number of hydrogen-bond acceptors (Lipinski definition) is 3. The summed E-state index contributed by atoms with van der Waals surface area (Å²) in [6.45, 7) is 0. The van der Waals surface area contributed by atoms with Crippen LogP contribution in [0, 0.1) is 0 Å². The zero-order valence-corrected chi connectivity index (χ0v) is 11.7. The Labute approximate surface area is 135 Å². The summed E-state index contributed by atoms with van der Waals surface area (Å²) >= 11 is 0. The van der Waals surface area contributed by atoms with E-state index in [1.54, 1.807) is 0 Å². The summed E-state index contributed by atoms with van der Waals surface area (Å²) < 4.78 is 39.4. The number of aromatic nitrogens is 2. The third-order valence-corrected chi connectivity index (χ3v) is 3.06. The molecule has 1 N–H and O–H groups in total. The molecule has 23 heavy (non-hydrogen) atoms. The standard InChI is InChI=1S/C12H7B4F3N2O2/c13-4-7-2-1-6(3-8(7)23-22)10-20-9(11(17,18)19)5-21(10)12(14,15)16/h1-3,5,22H,4H2. The molecular weight excluding hydrogens is 304 g/mol. The second kappa shape index (κ2) is 6.03. The number of benzene rings is 1. The number of alkyl halides is 3. The predicted octanol–water partition coefficient (Wildman–Crippen LogP) is 1.16. The molecule has 0 spiro atoms. The SMILES string of the molecule is [B]Cc1ccc(-c2nc(C(F)(F)F)cn2C([B])([B])[B])cc1OO. The highest BCUT2D eigenvalue weighted by Crippen LogP contribution is 2.34. The summed E-state index contributed by atoms with van der Waals surface area (Å²) in [6.07, 6.45) is -4.06. The smallest absolute Gasteiger partial charge is 0.350 e. The monoisotopic (exact) mass is 312 g/mol. The third-order valence-electron chi connectivity index (χ3n) is 3.06. The van der Waals surface area contributed by atoms with Gasteiger partial charge in [-0.25, -0.2) is 10.2 Å². The maximum atomic E-state index is 12.9. The summed E-state index contributed by atoms with van der Waals surface area (Å²) in [7, 11) is 21.9. The average Bonchev–Trinajstić information content (AvgIpc) is 2.91. The van der Waals surface area contributed by atoms with Gasteiger partial charge < -0.3 is 9.45 Å². The van der Waals surface area contributed by atoms with Crippen molar-refractivity contribution in [3.63, 3.8) is 0 Å². The van der Waals surface area contributed by atoms with Crippen molar-refractivity contribution in [2.45, 2.75) is 17.7 Å². The largest absolute Gasteiger partial charge is 0.434 e. The van der Waals surface area contributed by atoms with E-state index in [0.717, 1.165) is 4.57 Å². The van der Waals surface area contributed by atoms with E-state index in [-0.39, 0.29) is 23.5 Å². The highest BCUT2D eigenvalue weighted by atomic mass is 19.4. The van der Waals surface area contributed by atoms with E-state index in [0.29, 0.717) is 11.8 Å². The first-order chi connectivity index (χ1) is 10.6. The normalized spacial score (nSPS) is 12.3. The van der Waals surface area contributed by atoms with Gasteiger partial charge in [0.2, 0.25) is 0 Å². The predicted molar refractivity (Wildman–Crippen MR) is 80.6 cm³/mol. The molecule has 0 aliphatic heterocycles. The molecule has 11 heteroatoms. The van der Waals surface area contributed by atoms with Crippen molar-refractivity contribution in [2.75, 3.05) is 0 Å². The zero-order valence-electron chi connectivity index (χ0n) is 11.7. The van der Waals surface area contributed by atoms with Crippen LogP contribution in [0.5, 0.6) is 5.75 Å². The van der Waals surface area contributed by atoms with Gasteiger partial charge in [0.1, 0.15) is 5.82 Å². The molecular formula is C12H7B4F3N2O2. The lowest BCUT2D eigenvalue weighted by Crippen LogP contribution is -2.35. The van der Waals surface area contributed by atoms with Crippen LogP contribution in [-0.4, -0.2) is 46.2 Å². The molecule has 1 aromatic carbocycles. The Hall–Kier alpha value is -1.76. The molecule has 0 atom stereocenters. The van der Waals surface area contributed by atoms with Crippen LogP contribution in [0.3, 0.4) is 0 Å². The van der Waals surface area contributed by atoms with Crippen LogP contribution in [0.2, 0.25) is 0 Å². The molecule has 2 aromatic rings. The molecule has 4 nitrogen and oxygen atoms in total. The Morgan fingerprint density at radius 3 is 2.35 bits per heavy atom. The first kappa shape index (κ1) is 17.6. The van der Waals surface area contributed by atoms with Crippen molar-refractivity contribution in [3.05, 3.63) is 35.7 Å². The highest BCUT2D eigenvalue weighted by Gasteiger charge is 2.36. The Balaban J connectivity index is 2.65. The molecule has 0 unspecified atom stereocenters. The molecule has 0 saturated heterocycles. The van der Waals surface area contributed by atoms with E-state index in [2.05, 4.69) is 9.87 Å². The first-order valence-electron chi connectivity index (χ1n) is 6.26. The Morgan fingerprint density at radius 1 is 1.22 bits per heavy atom. The molecule has 0 fully saturated rings. The molecule has 0 aliphatic rings. The van der Waals surface area contributed by atoms with Crippen LogP contribution in [0.25, 0.3) is 11.4 Å². The fraction of sp³-hybridized carbons (Fsp3) is 0.250. The van der Waals surface area contributed by atoms with Gasteiger partial charge in [0, 0.05) is 11.8 Å². The van der Waals surface area contributed by atoms with Crippen LogP contribution in [-0.2, 0) is 17.7 Å². The second-order valence-electron chi connectivity index (χ2n) is 4.82. The van der Waals surface area contributed by atoms with Gasteiger partial charge in [0.25, 0.3) is 0 Å². The van der Waals surface area contributed by atoms with E-state index in [1.165, 1.54) is 18.2 Å². The van der Waals surface area contributed by atoms with Crippen LogP contribution in [0.4, 0.5) is 13.2 Å². The van der Waals surface area contributed by atoms with Crippen molar-refractivity contribution in [3.8, 4) is 17.1 Å². The van der Waals surface area contributed by atoms with Crippen LogP contribution < -0.4 is 4.89 Å². The van der Waals surface area contributed by atoms with Gasteiger partial charge in [0.15, 0.2) is 11.4 Å². The lowest BCUT2D eigenvalue weighted by atomic mass is 9.49. The van der Waals surface area contributed by atoms with Gasteiger partial charge in [0.05, 0.1) is 31.4 Å². The maximum Gasteiger partial charge on any atom is 0.434 e. The van der Waals surface area contributed by atoms with E-state index in [9.17, 15) is 13.2 Å². The molecule has 1 aromatic heterocycles. The van der Waals surface area contributed by atoms with Crippen LogP contribution >= 0.6 is 0 Å². The Morgan fingerprint density at radius 2 is 1.87 bits per heavy atom. The first-order valence-corrected chi connectivity index (χ1v) is 6.26. The Bertz CT molecular complexity index is 713. The van der Waals surface area contributed by atoms with Gasteiger partial charge in [-0.2, -0.15) is 13.2 Å². The zero-order chi connectivity index (χ0) is 17.4. The molecule has 2 rings (SSSR count). The maximum absolute atomic E-state index is 12.9. The fourth-order valence-corrected chi connectivity index (χ4v) is 1.96. The van der Waals surface area contributed by atoms with E-state index < -0.39 is 17.1 Å². The van der Waals surface area contributed by atoms with Gasteiger partial charge in [-0.1, -0.05) is 23.7 Å². The van der Waals surface area contributed by atoms with Crippen molar-refractivity contribution < 1.29 is 23.3 Å². The van der Waals surface area contributed by atoms with E-state index >= 15 is 0 Å². The third kappa shape index (κ3) is 3.60. The molecule has 0 amide bonds. The lowest BCUT2D eigenvalue weighted by Gasteiger charge is -2.25. The molecule has 0 bridgehead atoms. The topological polar surface area (TPSA) is 47.3 Å². The highest BCUT2D eigenvalue weighted by molar-refractivity contribution is 6.56. The van der Waals surface area contributed by atoms with Crippen molar-refractivity contribution in [1.29, 1.82) is 0 Å². The van der Waals surface area contributed by atoms with Crippen molar-refractivity contribution in [1.82, 2.24) is 9.55 Å². The summed E-state index contributed by atoms with van der Waals surface area (Å²) in [6, 6.07) is 4.13. The average molecular weight is 311 g/mol. The summed E-state index contributed by atoms with van der Waals surface area (Å²) in [5.41, 5.74) is -0.634. The number of nitrogens with zero attached hydrogens (tertiary/aromatic N) is 2. The van der Waals surface area contributed by atoms with E-state index in [4.69, 9.17) is 36.6 Å². The van der Waals surface area contributed by atoms with Crippen LogP contribution in [0.15, 0.2) is 24.4 Å². The van der Waals surface area contributed by atoms with Gasteiger partial charge >= 0.3 is 6.18 Å². The summed E-state index contributed by atoms with van der Waals surface area (Å²) in [5.74, 6) is -0.281. The minimum atomic E-state index is -4.71. The van der Waals surface area contributed by atoms with Gasteiger partial charge in [-0.15, -0.1) is 0 Å². The molecule has 110 valence electrons. The molecule has 0 saturated carbocycles. The minimum absolute atomic E-state index is 0.0372. The number of rotatable bonds is 4. The number of hydrogen-bond donors (Lipinski definition) is 1. The van der Waals surface area contributed by atoms with Crippen LogP contribution in [0.1, 0.15) is 11.3 Å². The Kier molecular flexibility index (Phi) is 4.61. The van der Waals surface area contributed by atoms with E-state index in [1.807, 2.05) is 0 Å². The lowest BCUT2D eigenvalue weighted by molar-refractivity contribution is -0.140. The summed E-state index contributed by atoms with van der Waals surface area (Å²) in [4.78, 5) is 7.64. The van der Waals surface area contributed by atoms with Gasteiger partial charge in [-0.3, -0.25) is 0 Å². The summed E-state index contributed by atoms with van der Waals surface area (Å²) in [5, 5.41) is 6.74. The number of halogens is 3. The fourth-order valence-electron chi connectivity index (χ4n) is 1.96. The molecule has 0 aliphatic carbocycles.